The van der Waals surface area contributed by atoms with Crippen LogP contribution in [0.25, 0.3) is 0 Å². The number of aliphatic carboxylic acids is 1. The molecule has 0 spiro atoms. The Kier molecular flexibility index (Phi) is 6.58. The first-order valence-electron chi connectivity index (χ1n) is 5.12. The number of aryl methyl sites for hydroxylation is 1. The van der Waals surface area contributed by atoms with Crippen molar-refractivity contribution in [1.29, 1.82) is 0 Å². The normalized spacial score (nSPS) is 11.2. The first-order chi connectivity index (χ1) is 7.38. The molecule has 0 fully saturated rings. The van der Waals surface area contributed by atoms with Crippen LogP contribution in [0.1, 0.15) is 25.8 Å². The van der Waals surface area contributed by atoms with Gasteiger partial charge in [-0.2, -0.15) is 0 Å². The third-order valence-electron chi connectivity index (χ3n) is 2.19. The van der Waals surface area contributed by atoms with Crippen LogP contribution in [0, 0.1) is 12.8 Å². The van der Waals surface area contributed by atoms with E-state index in [0.717, 1.165) is 12.0 Å². The van der Waals surface area contributed by atoms with Crippen molar-refractivity contribution in [2.24, 2.45) is 5.92 Å². The molecule has 3 N–H and O–H groups in total. The highest BCUT2D eigenvalue weighted by Crippen LogP contribution is 2.18. The van der Waals surface area contributed by atoms with E-state index in [-0.39, 0.29) is 5.92 Å². The quantitative estimate of drug-likeness (QED) is 0.783. The SMILES string of the molecule is CCC(C)C(=O)O.Cc1ccc(N)c(Cl)c1. The Labute approximate surface area is 101 Å². The van der Waals surface area contributed by atoms with Crippen LogP contribution in [0.5, 0.6) is 0 Å². The molecule has 4 heteroatoms. The molecular formula is C12H18ClNO2. The Bertz CT molecular complexity index is 353. The van der Waals surface area contributed by atoms with Crippen LogP contribution in [0.15, 0.2) is 18.2 Å². The maximum atomic E-state index is 9.93. The molecule has 1 aromatic carbocycles. The van der Waals surface area contributed by atoms with E-state index in [1.807, 2.05) is 26.0 Å². The summed E-state index contributed by atoms with van der Waals surface area (Å²) in [7, 11) is 0. The van der Waals surface area contributed by atoms with Crippen LogP contribution >= 0.6 is 11.6 Å². The van der Waals surface area contributed by atoms with E-state index in [0.29, 0.717) is 10.7 Å². The van der Waals surface area contributed by atoms with Crippen LogP contribution in [0.3, 0.4) is 0 Å². The number of carboxylic acids is 1. The molecule has 16 heavy (non-hydrogen) atoms. The fourth-order valence-corrected chi connectivity index (χ4v) is 1.04. The number of nitrogens with two attached hydrogens (primary N) is 1. The van der Waals surface area contributed by atoms with E-state index < -0.39 is 5.97 Å². The van der Waals surface area contributed by atoms with Crippen molar-refractivity contribution in [1.82, 2.24) is 0 Å². The number of benzene rings is 1. The Morgan fingerprint density at radius 1 is 1.56 bits per heavy atom. The lowest BCUT2D eigenvalue weighted by Gasteiger charge is -1.96. The third-order valence-corrected chi connectivity index (χ3v) is 2.52. The lowest BCUT2D eigenvalue weighted by Crippen LogP contribution is -2.06. The lowest BCUT2D eigenvalue weighted by molar-refractivity contribution is -0.141. The molecule has 1 aromatic rings. The number of carboxylic acid groups (broad SMARTS) is 1. The number of anilines is 1. The minimum Gasteiger partial charge on any atom is -0.481 e. The van der Waals surface area contributed by atoms with Crippen molar-refractivity contribution in [3.8, 4) is 0 Å². The molecule has 0 aliphatic carbocycles. The predicted octanol–water partition coefficient (Wildman–Crippen LogP) is 3.35. The summed E-state index contributed by atoms with van der Waals surface area (Å²) in [6.45, 7) is 5.53. The molecule has 0 radical (unpaired) electrons. The monoisotopic (exact) mass is 243 g/mol. The highest BCUT2D eigenvalue weighted by Gasteiger charge is 2.05. The second-order valence-corrected chi connectivity index (χ2v) is 4.08. The molecule has 0 heterocycles. The number of nitrogen functional groups attached to an aromatic ring is 1. The van der Waals surface area contributed by atoms with Gasteiger partial charge in [0.25, 0.3) is 0 Å². The molecule has 0 bridgehead atoms. The van der Waals surface area contributed by atoms with Gasteiger partial charge in [0.2, 0.25) is 0 Å². The molecule has 1 unspecified atom stereocenters. The molecular weight excluding hydrogens is 226 g/mol. The Morgan fingerprint density at radius 2 is 2.12 bits per heavy atom. The van der Waals surface area contributed by atoms with Gasteiger partial charge in [-0.3, -0.25) is 4.79 Å². The number of halogens is 1. The minimum absolute atomic E-state index is 0.181. The topological polar surface area (TPSA) is 63.3 Å². The van der Waals surface area contributed by atoms with Gasteiger partial charge < -0.3 is 10.8 Å². The Hall–Kier alpha value is -1.22. The van der Waals surface area contributed by atoms with Crippen molar-refractivity contribution < 1.29 is 9.90 Å². The van der Waals surface area contributed by atoms with Gasteiger partial charge in [0, 0.05) is 0 Å². The van der Waals surface area contributed by atoms with Gasteiger partial charge in [-0.15, -0.1) is 0 Å². The Morgan fingerprint density at radius 3 is 2.38 bits per heavy atom. The van der Waals surface area contributed by atoms with Gasteiger partial charge in [0.05, 0.1) is 16.6 Å². The van der Waals surface area contributed by atoms with E-state index in [1.165, 1.54) is 0 Å². The van der Waals surface area contributed by atoms with Crippen molar-refractivity contribution in [3.05, 3.63) is 28.8 Å². The van der Waals surface area contributed by atoms with Gasteiger partial charge in [-0.1, -0.05) is 31.5 Å². The minimum atomic E-state index is -0.706. The molecule has 0 saturated heterocycles. The average molecular weight is 244 g/mol. The van der Waals surface area contributed by atoms with E-state index in [1.54, 1.807) is 13.0 Å². The predicted molar refractivity (Wildman–Crippen MR) is 67.7 cm³/mol. The summed E-state index contributed by atoms with van der Waals surface area (Å²) in [5, 5.41) is 8.82. The zero-order valence-corrected chi connectivity index (χ0v) is 10.6. The molecule has 3 nitrogen and oxygen atoms in total. The molecule has 0 amide bonds. The largest absolute Gasteiger partial charge is 0.481 e. The summed E-state index contributed by atoms with van der Waals surface area (Å²) in [4.78, 5) is 9.93. The fourth-order valence-electron chi connectivity index (χ4n) is 0.807. The maximum absolute atomic E-state index is 9.93. The van der Waals surface area contributed by atoms with Gasteiger partial charge in [0.15, 0.2) is 0 Å². The summed E-state index contributed by atoms with van der Waals surface area (Å²) >= 11 is 5.69. The van der Waals surface area contributed by atoms with Gasteiger partial charge in [-0.25, -0.2) is 0 Å². The van der Waals surface area contributed by atoms with E-state index >= 15 is 0 Å². The number of rotatable bonds is 2. The van der Waals surface area contributed by atoms with Gasteiger partial charge >= 0.3 is 5.97 Å². The molecule has 1 rings (SSSR count). The van der Waals surface area contributed by atoms with Crippen molar-refractivity contribution in [3.63, 3.8) is 0 Å². The van der Waals surface area contributed by atoms with Gasteiger partial charge in [0.1, 0.15) is 0 Å². The van der Waals surface area contributed by atoms with Crippen LogP contribution in [0.2, 0.25) is 5.02 Å². The van der Waals surface area contributed by atoms with Crippen LogP contribution in [-0.4, -0.2) is 11.1 Å². The first kappa shape index (κ1) is 14.8. The van der Waals surface area contributed by atoms with Crippen molar-refractivity contribution >= 4 is 23.3 Å². The van der Waals surface area contributed by atoms with E-state index in [2.05, 4.69) is 0 Å². The first-order valence-corrected chi connectivity index (χ1v) is 5.50. The zero-order chi connectivity index (χ0) is 12.7. The van der Waals surface area contributed by atoms with E-state index in [9.17, 15) is 4.79 Å². The summed E-state index contributed by atoms with van der Waals surface area (Å²) < 4.78 is 0. The number of carbonyl (C=O) groups is 1. The Balaban J connectivity index is 0.000000293. The van der Waals surface area contributed by atoms with Crippen LogP contribution < -0.4 is 5.73 Å². The van der Waals surface area contributed by atoms with Crippen LogP contribution in [-0.2, 0) is 4.79 Å². The van der Waals surface area contributed by atoms with E-state index in [4.69, 9.17) is 22.4 Å². The molecule has 0 aliphatic rings. The second kappa shape index (κ2) is 7.12. The highest BCUT2D eigenvalue weighted by atomic mass is 35.5. The molecule has 0 aromatic heterocycles. The smallest absolute Gasteiger partial charge is 0.306 e. The summed E-state index contributed by atoms with van der Waals surface area (Å²) in [6.07, 6.45) is 0.718. The number of hydrogen-bond donors (Lipinski definition) is 2. The lowest BCUT2D eigenvalue weighted by atomic mass is 10.1. The molecule has 0 aliphatic heterocycles. The molecule has 0 saturated carbocycles. The van der Waals surface area contributed by atoms with Crippen LogP contribution in [0.4, 0.5) is 5.69 Å². The molecule has 1 atom stereocenters. The third kappa shape index (κ3) is 5.61. The maximum Gasteiger partial charge on any atom is 0.306 e. The average Bonchev–Trinajstić information content (AvgIpc) is 2.23. The fraction of sp³-hybridized carbons (Fsp3) is 0.417. The standard InChI is InChI=1S/C7H8ClN.C5H10O2/c1-5-2-3-7(9)6(8)4-5;1-3-4(2)5(6)7/h2-4H,9H2,1H3;4H,3H2,1-2H3,(H,6,7). The van der Waals surface area contributed by atoms with Crippen molar-refractivity contribution in [2.75, 3.05) is 5.73 Å². The zero-order valence-electron chi connectivity index (χ0n) is 9.83. The molecule has 90 valence electrons. The van der Waals surface area contributed by atoms with Gasteiger partial charge in [-0.05, 0) is 31.0 Å². The summed E-state index contributed by atoms with van der Waals surface area (Å²) in [5.41, 5.74) is 7.23. The van der Waals surface area contributed by atoms with Crippen molar-refractivity contribution in [2.45, 2.75) is 27.2 Å². The second-order valence-electron chi connectivity index (χ2n) is 3.67. The highest BCUT2D eigenvalue weighted by molar-refractivity contribution is 6.33. The number of hydrogen-bond acceptors (Lipinski definition) is 2. The summed E-state index contributed by atoms with van der Waals surface area (Å²) in [6, 6.07) is 5.58. The summed E-state index contributed by atoms with van der Waals surface area (Å²) in [5.74, 6) is -0.887.